The van der Waals surface area contributed by atoms with Crippen molar-refractivity contribution in [3.8, 4) is 5.75 Å². The van der Waals surface area contributed by atoms with Gasteiger partial charge in [0.05, 0.1) is 42.0 Å². The molecule has 0 aromatic heterocycles. The van der Waals surface area contributed by atoms with Gasteiger partial charge in [0.25, 0.3) is 0 Å². The molecule has 0 bridgehead atoms. The van der Waals surface area contributed by atoms with Gasteiger partial charge in [0.1, 0.15) is 11.9 Å². The molecule has 176 valence electrons. The number of phenols is 1. The van der Waals surface area contributed by atoms with Gasteiger partial charge in [0, 0.05) is 29.2 Å². The Labute approximate surface area is 190 Å². The first-order chi connectivity index (χ1) is 15.7. The molecule has 1 unspecified atom stereocenters. The quantitative estimate of drug-likeness (QED) is 0.573. The summed E-state index contributed by atoms with van der Waals surface area (Å²) in [6.07, 6.45) is -3.45. The molecule has 3 heterocycles. The molecule has 4 aliphatic rings. The number of esters is 1. The van der Waals surface area contributed by atoms with Crippen LogP contribution in [0.3, 0.4) is 0 Å². The zero-order valence-electron chi connectivity index (χ0n) is 18.7. The maximum atomic E-state index is 13.5. The van der Waals surface area contributed by atoms with Crippen molar-refractivity contribution in [1.29, 1.82) is 0 Å². The zero-order valence-corrected chi connectivity index (χ0v) is 18.7. The highest BCUT2D eigenvalue weighted by molar-refractivity contribution is 6.29. The first kappa shape index (κ1) is 22.2. The number of carbonyl (C=O) groups excluding carboxylic acids is 3. The Balaban J connectivity index is 1.55. The van der Waals surface area contributed by atoms with Crippen molar-refractivity contribution in [2.75, 3.05) is 13.6 Å². The van der Waals surface area contributed by atoms with E-state index in [1.807, 2.05) is 0 Å². The minimum atomic E-state index is -0.915. The van der Waals surface area contributed by atoms with Crippen molar-refractivity contribution in [1.82, 2.24) is 5.32 Å². The molecule has 0 amide bonds. The molecule has 2 saturated heterocycles. The summed E-state index contributed by atoms with van der Waals surface area (Å²) in [6.45, 7) is 3.99. The Kier molecular flexibility index (Phi) is 5.40. The number of Topliss-reactive ketones (excluding diaryl/α,β-unsaturated/α-hetero) is 2. The third kappa shape index (κ3) is 3.33. The summed E-state index contributed by atoms with van der Waals surface area (Å²) < 4.78 is 17.1. The van der Waals surface area contributed by atoms with Crippen LogP contribution in [0, 0.1) is 5.92 Å². The molecule has 1 aromatic carbocycles. The van der Waals surface area contributed by atoms with E-state index in [1.54, 1.807) is 27.0 Å². The predicted octanol–water partition coefficient (Wildman–Crippen LogP) is 1.22. The summed E-state index contributed by atoms with van der Waals surface area (Å²) in [7, 11) is 1.80. The first-order valence-electron chi connectivity index (χ1n) is 11.2. The van der Waals surface area contributed by atoms with Gasteiger partial charge in [-0.1, -0.05) is 6.07 Å². The number of phenolic OH excluding ortho intramolecular Hbond substituents is 1. The summed E-state index contributed by atoms with van der Waals surface area (Å²) in [5.74, 6) is -1.83. The number of hydrogen-bond acceptors (Lipinski definition) is 9. The van der Waals surface area contributed by atoms with E-state index in [0.29, 0.717) is 18.5 Å². The summed E-state index contributed by atoms with van der Waals surface area (Å²) in [5.41, 5.74) is 0.660. The van der Waals surface area contributed by atoms with Crippen LogP contribution in [0.4, 0.5) is 0 Å². The van der Waals surface area contributed by atoms with Gasteiger partial charge in [-0.15, -0.1) is 0 Å². The molecule has 0 spiro atoms. The largest absolute Gasteiger partial charge is 0.507 e. The molecule has 1 aliphatic carbocycles. The molecule has 1 aromatic rings. The summed E-state index contributed by atoms with van der Waals surface area (Å²) >= 11 is 0. The highest BCUT2D eigenvalue weighted by Crippen LogP contribution is 2.46. The third-order valence-electron chi connectivity index (χ3n) is 7.17. The average Bonchev–Trinajstić information content (AvgIpc) is 3.13. The van der Waals surface area contributed by atoms with E-state index in [2.05, 4.69) is 5.32 Å². The molecule has 3 N–H and O–H groups in total. The number of rotatable bonds is 3. The van der Waals surface area contributed by atoms with Crippen LogP contribution in [0.1, 0.15) is 59.1 Å². The van der Waals surface area contributed by atoms with Gasteiger partial charge in [-0.3, -0.25) is 14.4 Å². The zero-order chi connectivity index (χ0) is 23.6. The Bertz CT molecular complexity index is 1080. The van der Waals surface area contributed by atoms with E-state index < -0.39 is 54.2 Å². The number of aliphatic hydroxyl groups is 1. The van der Waals surface area contributed by atoms with Crippen LogP contribution in [0.25, 0.3) is 0 Å². The minimum Gasteiger partial charge on any atom is -0.507 e. The summed E-state index contributed by atoms with van der Waals surface area (Å²) in [6, 6.07) is 3.11. The van der Waals surface area contributed by atoms with E-state index >= 15 is 0 Å². The molecule has 7 atom stereocenters. The Hall–Kier alpha value is -2.59. The van der Waals surface area contributed by atoms with E-state index in [9.17, 15) is 24.6 Å². The molecule has 2 fully saturated rings. The van der Waals surface area contributed by atoms with Gasteiger partial charge < -0.3 is 29.7 Å². The number of fused-ring (bicyclic) bond motifs is 3. The number of ketones is 2. The second kappa shape index (κ2) is 8.02. The number of benzene rings is 1. The maximum absolute atomic E-state index is 13.5. The minimum absolute atomic E-state index is 0.0289. The van der Waals surface area contributed by atoms with Crippen LogP contribution in [0.15, 0.2) is 23.3 Å². The number of ether oxygens (including phenoxy) is 3. The monoisotopic (exact) mass is 457 g/mol. The maximum Gasteiger partial charge on any atom is 0.309 e. The molecule has 3 aliphatic heterocycles. The van der Waals surface area contributed by atoms with Crippen molar-refractivity contribution in [2.45, 2.75) is 63.3 Å². The number of aliphatic hydroxyl groups excluding tert-OH is 1. The fraction of sp³-hybridized carbons (Fsp3) is 0.542. The number of carbonyl (C=O) groups is 3. The highest BCUT2D eigenvalue weighted by Gasteiger charge is 2.51. The third-order valence-corrected chi connectivity index (χ3v) is 7.17. The second-order valence-corrected chi connectivity index (χ2v) is 9.22. The van der Waals surface area contributed by atoms with E-state index in [1.165, 1.54) is 6.07 Å². The van der Waals surface area contributed by atoms with Crippen molar-refractivity contribution in [2.24, 2.45) is 5.92 Å². The van der Waals surface area contributed by atoms with Crippen molar-refractivity contribution in [3.05, 3.63) is 40.0 Å². The van der Waals surface area contributed by atoms with E-state index in [0.717, 1.165) is 0 Å². The highest BCUT2D eigenvalue weighted by atomic mass is 16.6. The Morgan fingerprint density at radius 3 is 2.58 bits per heavy atom. The summed E-state index contributed by atoms with van der Waals surface area (Å²) in [5, 5.41) is 24.7. The Morgan fingerprint density at radius 1 is 1.09 bits per heavy atom. The molecule has 0 radical (unpaired) electrons. The second-order valence-electron chi connectivity index (χ2n) is 9.22. The van der Waals surface area contributed by atoms with Crippen LogP contribution in [-0.2, 0) is 19.0 Å². The fourth-order valence-corrected chi connectivity index (χ4v) is 5.59. The molecule has 5 rings (SSSR count). The van der Waals surface area contributed by atoms with Crippen LogP contribution < -0.4 is 5.32 Å². The molecular weight excluding hydrogens is 430 g/mol. The van der Waals surface area contributed by atoms with Gasteiger partial charge in [-0.05, 0) is 33.4 Å². The normalized spacial score (nSPS) is 35.8. The van der Waals surface area contributed by atoms with Crippen LogP contribution in [0.5, 0.6) is 5.75 Å². The lowest BCUT2D eigenvalue weighted by atomic mass is 9.76. The fourth-order valence-electron chi connectivity index (χ4n) is 5.59. The number of nitrogens with one attached hydrogen (secondary N) is 1. The lowest BCUT2D eigenvalue weighted by molar-refractivity contribution is -0.140. The van der Waals surface area contributed by atoms with Gasteiger partial charge in [0.2, 0.25) is 0 Å². The molecule has 9 heteroatoms. The number of aromatic hydroxyl groups is 1. The average molecular weight is 457 g/mol. The molecule has 9 nitrogen and oxygen atoms in total. The van der Waals surface area contributed by atoms with Crippen LogP contribution >= 0.6 is 0 Å². The van der Waals surface area contributed by atoms with Crippen LogP contribution in [-0.4, -0.2) is 71.9 Å². The number of hydrogen-bond donors (Lipinski definition) is 3. The topological polar surface area (TPSA) is 131 Å². The first-order valence-corrected chi connectivity index (χ1v) is 11.2. The van der Waals surface area contributed by atoms with Crippen molar-refractivity contribution < 1.29 is 38.8 Å². The summed E-state index contributed by atoms with van der Waals surface area (Å²) in [4.78, 5) is 38.8. The van der Waals surface area contributed by atoms with Crippen molar-refractivity contribution in [3.63, 3.8) is 0 Å². The van der Waals surface area contributed by atoms with Crippen LogP contribution in [0.2, 0.25) is 0 Å². The molecular formula is C24H27NO8. The van der Waals surface area contributed by atoms with Crippen molar-refractivity contribution >= 4 is 17.5 Å². The molecule has 0 saturated carbocycles. The van der Waals surface area contributed by atoms with Gasteiger partial charge in [-0.2, -0.15) is 0 Å². The van der Waals surface area contributed by atoms with Gasteiger partial charge in [0.15, 0.2) is 17.7 Å². The Morgan fingerprint density at radius 2 is 1.85 bits per heavy atom. The smallest absolute Gasteiger partial charge is 0.309 e. The van der Waals surface area contributed by atoms with E-state index in [4.69, 9.17) is 14.2 Å². The lowest BCUT2D eigenvalue weighted by Crippen LogP contribution is -2.45. The van der Waals surface area contributed by atoms with Gasteiger partial charge in [-0.25, -0.2) is 0 Å². The standard InChI is InChI=1S/C24H27NO8/c1-9-17-19(24-15(31-9)7-16(26)33-24)22(29)13-5-4-12(21(28)18(13)23(17)30)14-6-11(8-25-3)20(27)10(2)32-14/h4-5,9-11,14-15,20,24-25,27-28H,6-8H2,1-3H3/t9-,10-,11+,14?,15-,20-,24+/m1/s1. The van der Waals surface area contributed by atoms with Gasteiger partial charge >= 0.3 is 5.97 Å². The van der Waals surface area contributed by atoms with E-state index in [-0.39, 0.29) is 40.4 Å². The lowest BCUT2D eigenvalue weighted by Gasteiger charge is -2.39. The SMILES string of the molecule is CNC[C@@H]1CC(c2ccc3c(c2O)C(=O)C2=C(C3=O)[C@H]3OC(=O)C[C@H]3O[C@@H]2C)O[C@H](C)[C@H]1O. The predicted molar refractivity (Wildman–Crippen MR) is 114 cm³/mol. The molecule has 33 heavy (non-hydrogen) atoms.